The molecular weight excluding hydrogens is 470 g/mol. The van der Waals surface area contributed by atoms with Crippen LogP contribution in [0.3, 0.4) is 0 Å². The average Bonchev–Trinajstić information content (AvgIpc) is 3.56. The zero-order chi connectivity index (χ0) is 24.5. The highest BCUT2D eigenvalue weighted by Gasteiger charge is 2.27. The first kappa shape index (κ1) is 22.4. The minimum absolute atomic E-state index is 0.00553. The molecule has 4 heterocycles. The van der Waals surface area contributed by atoms with Crippen molar-refractivity contribution >= 4 is 38.4 Å². The molecule has 1 N–H and O–H groups in total. The van der Waals surface area contributed by atoms with Gasteiger partial charge in [-0.3, -0.25) is 9.36 Å². The first-order valence-corrected chi connectivity index (χ1v) is 12.8. The van der Waals surface area contributed by atoms with Crippen molar-refractivity contribution in [1.29, 1.82) is 0 Å². The van der Waals surface area contributed by atoms with Gasteiger partial charge in [-0.2, -0.15) is 0 Å². The number of carbonyl (C=O) groups excluding carboxylic acids is 1. The summed E-state index contributed by atoms with van der Waals surface area (Å²) in [7, 11) is 0. The number of nitrogens with one attached hydrogen (secondary N) is 1. The molecule has 36 heavy (non-hydrogen) atoms. The Balaban J connectivity index is 1.15. The highest BCUT2D eigenvalue weighted by molar-refractivity contribution is 7.22. The van der Waals surface area contributed by atoms with Crippen molar-refractivity contribution < 1.29 is 4.79 Å². The Morgan fingerprint density at radius 2 is 1.89 bits per heavy atom. The van der Waals surface area contributed by atoms with Crippen molar-refractivity contribution in [1.82, 2.24) is 24.7 Å². The molecule has 1 fully saturated rings. The van der Waals surface area contributed by atoms with E-state index in [1.54, 1.807) is 6.20 Å². The Morgan fingerprint density at radius 1 is 1.06 bits per heavy atom. The van der Waals surface area contributed by atoms with Crippen molar-refractivity contribution in [2.75, 3.05) is 23.3 Å². The van der Waals surface area contributed by atoms with Gasteiger partial charge in [-0.15, -0.1) is 10.2 Å². The van der Waals surface area contributed by atoms with Crippen molar-refractivity contribution in [3.8, 4) is 17.2 Å². The largest absolute Gasteiger partial charge is 0.354 e. The molecule has 1 saturated heterocycles. The van der Waals surface area contributed by atoms with Crippen molar-refractivity contribution in [2.24, 2.45) is 5.92 Å². The van der Waals surface area contributed by atoms with E-state index < -0.39 is 0 Å². The first-order chi connectivity index (χ1) is 17.6. The minimum atomic E-state index is -0.132. The average molecular weight is 496 g/mol. The number of fused-ring (bicyclic) bond motifs is 1. The summed E-state index contributed by atoms with van der Waals surface area (Å²) in [4.78, 5) is 24.3. The highest BCUT2D eigenvalue weighted by Crippen LogP contribution is 2.29. The maximum atomic E-state index is 13.1. The maximum absolute atomic E-state index is 13.1. The quantitative estimate of drug-likeness (QED) is 0.365. The van der Waals surface area contributed by atoms with Gasteiger partial charge in [0, 0.05) is 31.0 Å². The molecule has 9 heteroatoms. The third-order valence-electron chi connectivity index (χ3n) is 6.45. The number of imidazole rings is 1. The molecule has 8 nitrogen and oxygen atoms in total. The van der Waals surface area contributed by atoms with Gasteiger partial charge in [0.2, 0.25) is 5.91 Å². The summed E-state index contributed by atoms with van der Waals surface area (Å²) in [5, 5.41) is 12.7. The van der Waals surface area contributed by atoms with E-state index in [4.69, 9.17) is 0 Å². The van der Waals surface area contributed by atoms with Crippen LogP contribution in [0.1, 0.15) is 18.4 Å². The van der Waals surface area contributed by atoms with Crippen molar-refractivity contribution in [3.63, 3.8) is 0 Å². The fourth-order valence-electron chi connectivity index (χ4n) is 4.60. The lowest BCUT2D eigenvalue weighted by atomic mass is 9.97. The summed E-state index contributed by atoms with van der Waals surface area (Å²) in [6, 6.07) is 20.0. The molecule has 5 aromatic rings. The number of benzene rings is 2. The van der Waals surface area contributed by atoms with Crippen molar-refractivity contribution in [2.45, 2.75) is 19.8 Å². The van der Waals surface area contributed by atoms with Gasteiger partial charge < -0.3 is 10.2 Å². The van der Waals surface area contributed by atoms with Gasteiger partial charge in [0.05, 0.1) is 16.1 Å². The van der Waals surface area contributed by atoms with Crippen LogP contribution >= 0.6 is 11.3 Å². The molecule has 1 unspecified atom stereocenters. The third kappa shape index (κ3) is 4.45. The van der Waals surface area contributed by atoms with Gasteiger partial charge in [0.25, 0.3) is 0 Å². The van der Waals surface area contributed by atoms with Crippen LogP contribution in [-0.2, 0) is 4.79 Å². The SMILES string of the molecule is Cc1ccc2nc(NC(=O)C3CCCN(c4ccc(-n5ccnc5-c5ccccc5)nn4)C3)sc2c1. The number of piperidine rings is 1. The summed E-state index contributed by atoms with van der Waals surface area (Å²) in [5.41, 5.74) is 3.11. The highest BCUT2D eigenvalue weighted by atomic mass is 32.1. The molecule has 1 atom stereocenters. The Bertz CT molecular complexity index is 1510. The zero-order valence-electron chi connectivity index (χ0n) is 19.8. The molecule has 0 saturated carbocycles. The van der Waals surface area contributed by atoms with Gasteiger partial charge in [-0.25, -0.2) is 9.97 Å². The molecular formula is C27H25N7OS. The molecule has 0 bridgehead atoms. The van der Waals surface area contributed by atoms with Gasteiger partial charge in [0.15, 0.2) is 16.8 Å². The summed E-state index contributed by atoms with van der Waals surface area (Å²) >= 11 is 1.51. The van der Waals surface area contributed by atoms with Crippen LogP contribution in [-0.4, -0.2) is 43.7 Å². The number of aryl methyl sites for hydroxylation is 1. The molecule has 2 aromatic carbocycles. The van der Waals surface area contributed by atoms with E-state index >= 15 is 0 Å². The molecule has 0 radical (unpaired) electrons. The van der Waals surface area contributed by atoms with E-state index in [9.17, 15) is 4.79 Å². The molecule has 6 rings (SSSR count). The minimum Gasteiger partial charge on any atom is -0.354 e. The molecule has 180 valence electrons. The summed E-state index contributed by atoms with van der Waals surface area (Å²) < 4.78 is 3.01. The van der Waals surface area contributed by atoms with E-state index in [0.29, 0.717) is 17.5 Å². The molecule has 3 aromatic heterocycles. The number of thiazole rings is 1. The number of hydrogen-bond acceptors (Lipinski definition) is 7. The fraction of sp³-hybridized carbons (Fsp3) is 0.222. The second-order valence-corrected chi connectivity index (χ2v) is 10.0. The standard InChI is InChI=1S/C27H25N7OS/c1-18-9-10-21-22(16-18)36-27(29-21)30-26(35)20-8-5-14-33(17-20)23-11-12-24(32-31-23)34-15-13-28-25(34)19-6-3-2-4-7-19/h2-4,6-7,9-13,15-16,20H,5,8,14,17H2,1H3,(H,29,30,35). The number of carbonyl (C=O) groups is 1. The van der Waals surface area contributed by atoms with Gasteiger partial charge in [-0.1, -0.05) is 47.7 Å². The Hall–Kier alpha value is -4.11. The van der Waals surface area contributed by atoms with Crippen LogP contribution in [0.4, 0.5) is 10.9 Å². The van der Waals surface area contributed by atoms with Gasteiger partial charge in [-0.05, 0) is 49.6 Å². The monoisotopic (exact) mass is 495 g/mol. The summed E-state index contributed by atoms with van der Waals surface area (Å²) in [6.45, 7) is 3.50. The lowest BCUT2D eigenvalue weighted by molar-refractivity contribution is -0.120. The fourth-order valence-corrected chi connectivity index (χ4v) is 5.56. The number of hydrogen-bond donors (Lipinski definition) is 1. The smallest absolute Gasteiger partial charge is 0.231 e. The Morgan fingerprint density at radius 3 is 2.72 bits per heavy atom. The van der Waals surface area contributed by atoms with Crippen LogP contribution in [0, 0.1) is 12.8 Å². The normalized spacial score (nSPS) is 15.8. The second kappa shape index (κ2) is 9.50. The predicted molar refractivity (Wildman–Crippen MR) is 143 cm³/mol. The number of anilines is 2. The van der Waals surface area contributed by atoms with Crippen LogP contribution in [0.2, 0.25) is 0 Å². The lowest BCUT2D eigenvalue weighted by Gasteiger charge is -2.32. The summed E-state index contributed by atoms with van der Waals surface area (Å²) in [5.74, 6) is 2.16. The topological polar surface area (TPSA) is 88.8 Å². The van der Waals surface area contributed by atoms with Gasteiger partial charge >= 0.3 is 0 Å². The van der Waals surface area contributed by atoms with E-state index in [-0.39, 0.29) is 11.8 Å². The van der Waals surface area contributed by atoms with E-state index in [1.165, 1.54) is 16.9 Å². The van der Waals surface area contributed by atoms with Crippen LogP contribution < -0.4 is 10.2 Å². The zero-order valence-corrected chi connectivity index (χ0v) is 20.7. The van der Waals surface area contributed by atoms with Crippen LogP contribution in [0.5, 0.6) is 0 Å². The van der Waals surface area contributed by atoms with Crippen LogP contribution in [0.25, 0.3) is 27.4 Å². The Labute approximate surface area is 212 Å². The molecule has 0 spiro atoms. The molecule has 1 aliphatic rings. The maximum Gasteiger partial charge on any atom is 0.231 e. The Kier molecular flexibility index (Phi) is 5.90. The van der Waals surface area contributed by atoms with E-state index in [1.807, 2.05) is 65.4 Å². The number of aromatic nitrogens is 5. The van der Waals surface area contributed by atoms with Crippen molar-refractivity contribution in [3.05, 3.63) is 78.6 Å². The van der Waals surface area contributed by atoms with Gasteiger partial charge in [0.1, 0.15) is 5.82 Å². The second-order valence-electron chi connectivity index (χ2n) is 9.00. The van der Waals surface area contributed by atoms with E-state index in [2.05, 4.69) is 43.4 Å². The summed E-state index contributed by atoms with van der Waals surface area (Å²) in [6.07, 6.45) is 5.41. The molecule has 1 amide bonds. The molecule has 0 aliphatic carbocycles. The number of amides is 1. The lowest BCUT2D eigenvalue weighted by Crippen LogP contribution is -2.41. The molecule has 1 aliphatic heterocycles. The first-order valence-electron chi connectivity index (χ1n) is 12.0. The number of rotatable bonds is 5. The number of nitrogens with zero attached hydrogens (tertiary/aromatic N) is 6. The van der Waals surface area contributed by atoms with E-state index in [0.717, 1.165) is 46.8 Å². The predicted octanol–water partition coefficient (Wildman–Crippen LogP) is 5.10. The third-order valence-corrected chi connectivity index (χ3v) is 7.38. The van der Waals surface area contributed by atoms with Crippen LogP contribution in [0.15, 0.2) is 73.1 Å².